The van der Waals surface area contributed by atoms with E-state index in [1.807, 2.05) is 17.1 Å². The summed E-state index contributed by atoms with van der Waals surface area (Å²) in [6, 6.07) is 9.30. The van der Waals surface area contributed by atoms with Crippen LogP contribution in [0, 0.1) is 3.57 Å². The van der Waals surface area contributed by atoms with E-state index in [4.69, 9.17) is 0 Å². The molecule has 0 atom stereocenters. The molecule has 0 amide bonds. The maximum atomic E-state index is 4.34. The van der Waals surface area contributed by atoms with Gasteiger partial charge in [-0.3, -0.25) is 0 Å². The molecule has 1 saturated carbocycles. The lowest BCUT2D eigenvalue weighted by Crippen LogP contribution is -2.34. The molecule has 1 aromatic carbocycles. The fourth-order valence-corrected chi connectivity index (χ4v) is 2.51. The lowest BCUT2D eigenvalue weighted by atomic mass is 9.93. The standard InChI is InChI=1S/C14H16IN3/c15-12-9-17-18(10-12)14-6-1-3-11(7-14)8-16-13-4-2-5-13/h1,3,6-7,9-10,13,16H,2,4-5,8H2. The minimum atomic E-state index is 0.735. The summed E-state index contributed by atoms with van der Waals surface area (Å²) in [5, 5.41) is 7.93. The van der Waals surface area contributed by atoms with E-state index in [2.05, 4.69) is 57.3 Å². The molecule has 1 aliphatic rings. The lowest BCUT2D eigenvalue weighted by Gasteiger charge is -2.26. The van der Waals surface area contributed by atoms with E-state index in [0.29, 0.717) is 0 Å². The van der Waals surface area contributed by atoms with Crippen molar-refractivity contribution in [3.05, 3.63) is 45.8 Å². The first-order valence-electron chi connectivity index (χ1n) is 6.34. The van der Waals surface area contributed by atoms with E-state index in [1.165, 1.54) is 24.8 Å². The molecule has 4 heteroatoms. The molecule has 0 radical (unpaired) electrons. The third kappa shape index (κ3) is 2.75. The van der Waals surface area contributed by atoms with E-state index < -0.39 is 0 Å². The van der Waals surface area contributed by atoms with E-state index >= 15 is 0 Å². The first kappa shape index (κ1) is 12.2. The molecule has 1 heterocycles. The van der Waals surface area contributed by atoms with Gasteiger partial charge in [0.2, 0.25) is 0 Å². The number of aromatic nitrogens is 2. The van der Waals surface area contributed by atoms with Crippen LogP contribution in [-0.4, -0.2) is 15.8 Å². The summed E-state index contributed by atoms with van der Waals surface area (Å²) < 4.78 is 3.08. The highest BCUT2D eigenvalue weighted by molar-refractivity contribution is 14.1. The molecule has 0 spiro atoms. The predicted molar refractivity (Wildman–Crippen MR) is 80.8 cm³/mol. The molecule has 1 aromatic heterocycles. The van der Waals surface area contributed by atoms with Crippen molar-refractivity contribution in [2.24, 2.45) is 0 Å². The summed E-state index contributed by atoms with van der Waals surface area (Å²) in [7, 11) is 0. The number of benzene rings is 1. The number of hydrogen-bond acceptors (Lipinski definition) is 2. The van der Waals surface area contributed by atoms with Crippen molar-refractivity contribution in [3.63, 3.8) is 0 Å². The van der Waals surface area contributed by atoms with Gasteiger partial charge < -0.3 is 5.32 Å². The zero-order chi connectivity index (χ0) is 12.4. The van der Waals surface area contributed by atoms with Crippen LogP contribution in [0.25, 0.3) is 5.69 Å². The Kier molecular flexibility index (Phi) is 3.65. The first-order chi connectivity index (χ1) is 8.81. The van der Waals surface area contributed by atoms with Gasteiger partial charge in [0.15, 0.2) is 0 Å². The van der Waals surface area contributed by atoms with Crippen molar-refractivity contribution in [1.29, 1.82) is 0 Å². The highest BCUT2D eigenvalue weighted by Gasteiger charge is 2.15. The Morgan fingerprint density at radius 1 is 1.39 bits per heavy atom. The number of nitrogens with zero attached hydrogens (tertiary/aromatic N) is 2. The second-order valence-electron chi connectivity index (χ2n) is 4.78. The Balaban J connectivity index is 1.71. The fraction of sp³-hybridized carbons (Fsp3) is 0.357. The minimum absolute atomic E-state index is 0.735. The Morgan fingerprint density at radius 2 is 2.28 bits per heavy atom. The van der Waals surface area contributed by atoms with Crippen molar-refractivity contribution >= 4 is 22.6 Å². The smallest absolute Gasteiger partial charge is 0.0649 e. The van der Waals surface area contributed by atoms with Crippen molar-refractivity contribution in [1.82, 2.24) is 15.1 Å². The summed E-state index contributed by atoms with van der Waals surface area (Å²) in [5.41, 5.74) is 2.45. The van der Waals surface area contributed by atoms with Crippen LogP contribution >= 0.6 is 22.6 Å². The molecule has 2 aromatic rings. The quantitative estimate of drug-likeness (QED) is 0.856. The summed E-state index contributed by atoms with van der Waals surface area (Å²) in [6.45, 7) is 0.955. The van der Waals surface area contributed by atoms with Crippen LogP contribution < -0.4 is 5.32 Å². The topological polar surface area (TPSA) is 29.9 Å². The minimum Gasteiger partial charge on any atom is -0.310 e. The molecule has 3 nitrogen and oxygen atoms in total. The Hall–Kier alpha value is -0.880. The van der Waals surface area contributed by atoms with Gasteiger partial charge in [0.1, 0.15) is 0 Å². The molecular weight excluding hydrogens is 337 g/mol. The summed E-state index contributed by atoms with van der Waals surface area (Å²) in [5.74, 6) is 0. The number of rotatable bonds is 4. The van der Waals surface area contributed by atoms with Crippen LogP contribution in [-0.2, 0) is 6.54 Å². The Bertz CT molecular complexity index is 531. The average molecular weight is 353 g/mol. The fourth-order valence-electron chi connectivity index (χ4n) is 2.13. The van der Waals surface area contributed by atoms with Crippen LogP contribution in [0.5, 0.6) is 0 Å². The van der Waals surface area contributed by atoms with E-state index in [-0.39, 0.29) is 0 Å². The molecule has 0 bridgehead atoms. The van der Waals surface area contributed by atoms with Crippen LogP contribution in [0.1, 0.15) is 24.8 Å². The molecule has 1 aliphatic carbocycles. The normalized spacial score (nSPS) is 15.6. The maximum Gasteiger partial charge on any atom is 0.0649 e. The van der Waals surface area contributed by atoms with Crippen molar-refractivity contribution < 1.29 is 0 Å². The van der Waals surface area contributed by atoms with E-state index in [1.54, 1.807) is 0 Å². The summed E-state index contributed by atoms with van der Waals surface area (Å²) in [6.07, 6.45) is 7.95. The maximum absolute atomic E-state index is 4.34. The first-order valence-corrected chi connectivity index (χ1v) is 7.42. The van der Waals surface area contributed by atoms with Gasteiger partial charge in [-0.2, -0.15) is 5.10 Å². The Morgan fingerprint density at radius 3 is 2.94 bits per heavy atom. The second-order valence-corrected chi connectivity index (χ2v) is 6.03. The molecular formula is C14H16IN3. The van der Waals surface area contributed by atoms with Gasteiger partial charge in [-0.15, -0.1) is 0 Å². The second kappa shape index (κ2) is 5.40. The van der Waals surface area contributed by atoms with Gasteiger partial charge in [0, 0.05) is 18.8 Å². The molecule has 1 fully saturated rings. The molecule has 94 valence electrons. The van der Waals surface area contributed by atoms with E-state index in [0.717, 1.165) is 21.8 Å². The third-order valence-corrected chi connectivity index (χ3v) is 3.98. The number of halogens is 1. The van der Waals surface area contributed by atoms with Gasteiger partial charge in [0.05, 0.1) is 15.5 Å². The number of hydrogen-bond donors (Lipinski definition) is 1. The zero-order valence-electron chi connectivity index (χ0n) is 10.1. The predicted octanol–water partition coefficient (Wildman–Crippen LogP) is 3.12. The van der Waals surface area contributed by atoms with Crippen molar-refractivity contribution in [2.75, 3.05) is 0 Å². The number of nitrogens with one attached hydrogen (secondary N) is 1. The molecule has 18 heavy (non-hydrogen) atoms. The molecule has 3 rings (SSSR count). The van der Waals surface area contributed by atoms with Gasteiger partial charge in [-0.25, -0.2) is 4.68 Å². The largest absolute Gasteiger partial charge is 0.310 e. The van der Waals surface area contributed by atoms with Gasteiger partial charge in [-0.1, -0.05) is 18.6 Å². The highest BCUT2D eigenvalue weighted by atomic mass is 127. The zero-order valence-corrected chi connectivity index (χ0v) is 12.3. The van der Waals surface area contributed by atoms with E-state index in [9.17, 15) is 0 Å². The van der Waals surface area contributed by atoms with Gasteiger partial charge in [-0.05, 0) is 53.1 Å². The van der Waals surface area contributed by atoms with Crippen LogP contribution in [0.3, 0.4) is 0 Å². The highest BCUT2D eigenvalue weighted by Crippen LogP contribution is 2.19. The average Bonchev–Trinajstić information content (AvgIpc) is 2.74. The van der Waals surface area contributed by atoms with Crippen molar-refractivity contribution in [3.8, 4) is 5.69 Å². The molecule has 0 unspecified atom stereocenters. The van der Waals surface area contributed by atoms with Gasteiger partial charge in [0.25, 0.3) is 0 Å². The molecule has 0 aliphatic heterocycles. The SMILES string of the molecule is Ic1cnn(-c2cccc(CNC3CCC3)c2)c1. The van der Waals surface area contributed by atoms with Crippen LogP contribution in [0.15, 0.2) is 36.7 Å². The molecule has 1 N–H and O–H groups in total. The molecule has 0 saturated heterocycles. The Labute approximate surface area is 121 Å². The lowest BCUT2D eigenvalue weighted by molar-refractivity contribution is 0.338. The monoisotopic (exact) mass is 353 g/mol. The van der Waals surface area contributed by atoms with Gasteiger partial charge >= 0.3 is 0 Å². The summed E-state index contributed by atoms with van der Waals surface area (Å²) in [4.78, 5) is 0. The van der Waals surface area contributed by atoms with Crippen molar-refractivity contribution in [2.45, 2.75) is 31.8 Å². The third-order valence-electron chi connectivity index (χ3n) is 3.43. The summed E-state index contributed by atoms with van der Waals surface area (Å²) >= 11 is 2.28. The van der Waals surface area contributed by atoms with Crippen LogP contribution in [0.4, 0.5) is 0 Å². The van der Waals surface area contributed by atoms with Crippen LogP contribution in [0.2, 0.25) is 0 Å².